The van der Waals surface area contributed by atoms with Crippen LogP contribution < -0.4 is 5.56 Å². The van der Waals surface area contributed by atoms with Crippen LogP contribution in [0, 0.1) is 0 Å². The number of hydrogen-bond donors (Lipinski definition) is 0. The fourth-order valence-electron chi connectivity index (χ4n) is 1.50. The van der Waals surface area contributed by atoms with Gasteiger partial charge in [-0.3, -0.25) is 9.36 Å². The Morgan fingerprint density at radius 2 is 2.19 bits per heavy atom. The largest absolute Gasteiger partial charge is 0.284 e. The molecule has 2 aromatic rings. The van der Waals surface area contributed by atoms with E-state index in [9.17, 15) is 4.79 Å². The van der Waals surface area contributed by atoms with Gasteiger partial charge < -0.3 is 0 Å². The minimum atomic E-state index is -0.360. The standard InChI is InChI=1S/C13H12ClNO/c1-2-10-6-7-13(16)15(9-10)12-5-3-4-11(14)8-12/h3-9H,2H2,1H3/i2D. The Morgan fingerprint density at radius 3 is 2.88 bits per heavy atom. The smallest absolute Gasteiger partial charge is 0.255 e. The molecule has 0 aliphatic carbocycles. The molecule has 1 unspecified atom stereocenters. The topological polar surface area (TPSA) is 22.0 Å². The lowest BCUT2D eigenvalue weighted by atomic mass is 10.2. The number of aromatic nitrogens is 1. The number of halogens is 1. The van der Waals surface area contributed by atoms with Gasteiger partial charge in [0.15, 0.2) is 0 Å². The fourth-order valence-corrected chi connectivity index (χ4v) is 1.69. The first-order valence-corrected chi connectivity index (χ1v) is 5.36. The lowest BCUT2D eigenvalue weighted by Gasteiger charge is -2.07. The van der Waals surface area contributed by atoms with E-state index in [2.05, 4.69) is 0 Å². The van der Waals surface area contributed by atoms with Crippen LogP contribution in [0.2, 0.25) is 5.02 Å². The van der Waals surface area contributed by atoms with Crippen molar-refractivity contribution in [3.63, 3.8) is 0 Å². The molecule has 0 aliphatic rings. The average Bonchev–Trinajstić information content (AvgIpc) is 2.29. The number of aryl methyl sites for hydroxylation is 1. The van der Waals surface area contributed by atoms with Crippen LogP contribution in [-0.4, -0.2) is 4.57 Å². The summed E-state index contributed by atoms with van der Waals surface area (Å²) in [4.78, 5) is 11.8. The highest BCUT2D eigenvalue weighted by molar-refractivity contribution is 6.30. The van der Waals surface area contributed by atoms with Gasteiger partial charge in [0.2, 0.25) is 0 Å². The van der Waals surface area contributed by atoms with E-state index in [1.54, 1.807) is 37.4 Å². The van der Waals surface area contributed by atoms with Gasteiger partial charge in [0.25, 0.3) is 5.56 Å². The number of benzene rings is 1. The van der Waals surface area contributed by atoms with E-state index in [0.717, 1.165) is 5.56 Å². The molecule has 0 N–H and O–H groups in total. The number of hydrogen-bond acceptors (Lipinski definition) is 1. The molecule has 0 amide bonds. The van der Waals surface area contributed by atoms with Gasteiger partial charge in [-0.25, -0.2) is 0 Å². The van der Waals surface area contributed by atoms with Gasteiger partial charge in [0, 0.05) is 18.7 Å². The molecular weight excluding hydrogens is 222 g/mol. The monoisotopic (exact) mass is 234 g/mol. The van der Waals surface area contributed by atoms with Crippen LogP contribution in [0.15, 0.2) is 47.4 Å². The van der Waals surface area contributed by atoms with Crippen molar-refractivity contribution in [1.29, 1.82) is 0 Å². The number of pyridine rings is 1. The molecule has 1 aromatic carbocycles. The van der Waals surface area contributed by atoms with Crippen molar-refractivity contribution in [3.8, 4) is 5.69 Å². The van der Waals surface area contributed by atoms with E-state index in [1.165, 1.54) is 10.6 Å². The molecule has 1 heterocycles. The molecule has 0 fully saturated rings. The summed E-state index contributed by atoms with van der Waals surface area (Å²) in [6, 6.07) is 10.2. The fraction of sp³-hybridized carbons (Fsp3) is 0.154. The molecule has 0 bridgehead atoms. The van der Waals surface area contributed by atoms with E-state index in [4.69, 9.17) is 13.0 Å². The van der Waals surface area contributed by atoms with Crippen molar-refractivity contribution in [2.24, 2.45) is 0 Å². The normalized spacial score (nSPS) is 13.2. The Hall–Kier alpha value is -1.54. The third-order valence-corrected chi connectivity index (χ3v) is 2.59. The molecular formula is C13H12ClNO. The van der Waals surface area contributed by atoms with Crippen molar-refractivity contribution in [3.05, 3.63) is 63.5 Å². The Balaban J connectivity index is 2.58. The van der Waals surface area contributed by atoms with Crippen molar-refractivity contribution in [1.82, 2.24) is 4.57 Å². The Bertz CT molecular complexity index is 592. The van der Waals surface area contributed by atoms with Gasteiger partial charge >= 0.3 is 0 Å². The SMILES string of the molecule is [2H]C(C)c1ccc(=O)n(-c2cccc(Cl)c2)c1. The maximum Gasteiger partial charge on any atom is 0.255 e. The molecule has 3 heteroatoms. The second kappa shape index (κ2) is 4.54. The van der Waals surface area contributed by atoms with Crippen molar-refractivity contribution >= 4 is 11.6 Å². The summed E-state index contributed by atoms with van der Waals surface area (Å²) in [6.45, 7) is 1.77. The average molecular weight is 235 g/mol. The number of nitrogens with zero attached hydrogens (tertiary/aromatic N) is 1. The van der Waals surface area contributed by atoms with Crippen LogP contribution in [0.4, 0.5) is 0 Å². The first-order valence-electron chi connectivity index (χ1n) is 5.56. The first kappa shape index (κ1) is 9.67. The zero-order valence-electron chi connectivity index (χ0n) is 9.85. The van der Waals surface area contributed by atoms with Gasteiger partial charge in [0.05, 0.1) is 5.69 Å². The minimum Gasteiger partial charge on any atom is -0.284 e. The molecule has 2 nitrogen and oxygen atoms in total. The molecule has 82 valence electrons. The maximum absolute atomic E-state index is 11.8. The summed E-state index contributed by atoms with van der Waals surface area (Å²) in [5.41, 5.74) is 1.38. The molecule has 0 aliphatic heterocycles. The van der Waals surface area contributed by atoms with Crippen LogP contribution in [0.5, 0.6) is 0 Å². The zero-order chi connectivity index (χ0) is 12.4. The highest BCUT2D eigenvalue weighted by atomic mass is 35.5. The predicted molar refractivity (Wildman–Crippen MR) is 66.4 cm³/mol. The van der Waals surface area contributed by atoms with E-state index in [-0.39, 0.29) is 12.0 Å². The van der Waals surface area contributed by atoms with Crippen LogP contribution >= 0.6 is 11.6 Å². The quantitative estimate of drug-likeness (QED) is 0.783. The zero-order valence-corrected chi connectivity index (χ0v) is 9.61. The van der Waals surface area contributed by atoms with Gasteiger partial charge in [-0.05, 0) is 30.2 Å². The highest BCUT2D eigenvalue weighted by Crippen LogP contribution is 2.13. The highest BCUT2D eigenvalue weighted by Gasteiger charge is 2.00. The van der Waals surface area contributed by atoms with Crippen LogP contribution in [-0.2, 0) is 6.40 Å². The molecule has 0 radical (unpaired) electrons. The van der Waals surface area contributed by atoms with Gasteiger partial charge in [0.1, 0.15) is 0 Å². The Labute approximate surface area is 101 Å². The van der Waals surface area contributed by atoms with Gasteiger partial charge in [-0.15, -0.1) is 0 Å². The minimum absolute atomic E-state index is 0.128. The molecule has 2 rings (SSSR count). The van der Waals surface area contributed by atoms with Crippen LogP contribution in [0.3, 0.4) is 0 Å². The molecule has 16 heavy (non-hydrogen) atoms. The maximum atomic E-state index is 11.8. The van der Waals surface area contributed by atoms with Crippen LogP contribution in [0.1, 0.15) is 13.9 Å². The second-order valence-corrected chi connectivity index (χ2v) is 3.88. The summed E-state index contributed by atoms with van der Waals surface area (Å²) in [6.07, 6.45) is 1.33. The van der Waals surface area contributed by atoms with E-state index < -0.39 is 0 Å². The van der Waals surface area contributed by atoms with Crippen molar-refractivity contribution in [2.75, 3.05) is 0 Å². The Morgan fingerprint density at radius 1 is 1.38 bits per heavy atom. The lowest BCUT2D eigenvalue weighted by Crippen LogP contribution is -2.16. The molecule has 1 atom stereocenters. The summed E-state index contributed by atoms with van der Waals surface area (Å²) in [7, 11) is 0. The second-order valence-electron chi connectivity index (χ2n) is 3.44. The summed E-state index contributed by atoms with van der Waals surface area (Å²) < 4.78 is 9.16. The van der Waals surface area contributed by atoms with E-state index in [1.807, 2.05) is 6.07 Å². The first-order chi connectivity index (χ1) is 8.08. The number of rotatable bonds is 2. The molecule has 0 spiro atoms. The van der Waals surface area contributed by atoms with Crippen molar-refractivity contribution in [2.45, 2.75) is 13.3 Å². The Kier molecular flexibility index (Phi) is 2.74. The third-order valence-electron chi connectivity index (χ3n) is 2.35. The van der Waals surface area contributed by atoms with Crippen molar-refractivity contribution < 1.29 is 1.37 Å². The molecule has 1 aromatic heterocycles. The predicted octanol–water partition coefficient (Wildman–Crippen LogP) is 3.05. The van der Waals surface area contributed by atoms with Gasteiger partial charge in [-0.1, -0.05) is 30.7 Å². The summed E-state index contributed by atoms with van der Waals surface area (Å²) in [5.74, 6) is 0. The van der Waals surface area contributed by atoms with E-state index in [0.29, 0.717) is 10.7 Å². The third kappa shape index (κ3) is 2.17. The molecule has 0 saturated heterocycles. The van der Waals surface area contributed by atoms with E-state index >= 15 is 0 Å². The van der Waals surface area contributed by atoms with Crippen LogP contribution in [0.25, 0.3) is 5.69 Å². The lowest BCUT2D eigenvalue weighted by molar-refractivity contribution is 0.953. The summed E-state index contributed by atoms with van der Waals surface area (Å²) >= 11 is 5.90. The summed E-state index contributed by atoms with van der Waals surface area (Å²) in [5, 5.41) is 0.582. The van der Waals surface area contributed by atoms with Gasteiger partial charge in [-0.2, -0.15) is 0 Å². The molecule has 0 saturated carbocycles.